The van der Waals surface area contributed by atoms with Crippen molar-refractivity contribution >= 4 is 51.5 Å². The van der Waals surface area contributed by atoms with Gasteiger partial charge < -0.3 is 19.7 Å². The highest BCUT2D eigenvalue weighted by Gasteiger charge is 2.58. The van der Waals surface area contributed by atoms with Gasteiger partial charge in [0.25, 0.3) is 0 Å². The normalized spacial score (nSPS) is 21.0. The number of aromatic nitrogens is 2. The maximum Gasteiger partial charge on any atom is 0.245 e. The average molecular weight is 489 g/mol. The summed E-state index contributed by atoms with van der Waals surface area (Å²) < 4.78 is 26.3. The quantitative estimate of drug-likeness (QED) is 0.394. The Morgan fingerprint density at radius 3 is 2.70 bits per heavy atom. The molecule has 1 saturated carbocycles. The molecule has 2 aliphatic rings. The third kappa shape index (κ3) is 3.83. The summed E-state index contributed by atoms with van der Waals surface area (Å²) in [5, 5.41) is 3.53. The number of carbonyl (C=O) groups excluding carboxylic acids is 1. The Bertz CT molecular complexity index is 1280. The number of likely N-dealkylation sites (tertiary alicyclic amines) is 1. The zero-order valence-corrected chi connectivity index (χ0v) is 19.0. The number of methoxy groups -OCH3 is 1. The predicted molar refractivity (Wildman–Crippen MR) is 124 cm³/mol. The smallest absolute Gasteiger partial charge is 0.245 e. The standard InChI is InChI=1S/C23H19Cl2FN4O3/c1-3-19(31)30-8-12-13(9-30)22(12)33-18-6-11-16(7-17(18)32-2)27-10-28-23(11)29-15-5-4-14(24)20(25)21(15)26/h3-7,10,12-13,22H,1,8-9H2,2H3,(H,27,28,29). The van der Waals surface area contributed by atoms with Crippen molar-refractivity contribution in [3.63, 3.8) is 0 Å². The monoisotopic (exact) mass is 488 g/mol. The Labute approximate surface area is 199 Å². The minimum atomic E-state index is -0.676. The molecule has 170 valence electrons. The van der Waals surface area contributed by atoms with Gasteiger partial charge in [-0.2, -0.15) is 0 Å². The molecular weight excluding hydrogens is 470 g/mol. The third-order valence-corrected chi connectivity index (χ3v) is 6.86. The van der Waals surface area contributed by atoms with Crippen LogP contribution in [0.5, 0.6) is 11.5 Å². The van der Waals surface area contributed by atoms with Crippen molar-refractivity contribution in [2.24, 2.45) is 11.8 Å². The molecule has 2 atom stereocenters. The summed E-state index contributed by atoms with van der Waals surface area (Å²) in [6, 6.07) is 6.50. The molecule has 2 fully saturated rings. The van der Waals surface area contributed by atoms with Crippen molar-refractivity contribution in [3.8, 4) is 11.5 Å². The van der Waals surface area contributed by atoms with E-state index >= 15 is 0 Å². The Hall–Kier alpha value is -3.10. The summed E-state index contributed by atoms with van der Waals surface area (Å²) in [5.74, 6) is 1.23. The predicted octanol–water partition coefficient (Wildman–Crippen LogP) is 4.85. The number of rotatable bonds is 6. The van der Waals surface area contributed by atoms with Crippen molar-refractivity contribution in [3.05, 3.63) is 59.1 Å². The second-order valence-electron chi connectivity index (χ2n) is 7.95. The van der Waals surface area contributed by atoms with Crippen LogP contribution in [-0.2, 0) is 4.79 Å². The molecule has 5 rings (SSSR count). The SMILES string of the molecule is C=CC(=O)N1CC2C(C1)C2Oc1cc2c(Nc3ccc(Cl)c(Cl)c3F)ncnc2cc1OC. The van der Waals surface area contributed by atoms with E-state index in [2.05, 4.69) is 21.9 Å². The van der Waals surface area contributed by atoms with Gasteiger partial charge in [-0.15, -0.1) is 0 Å². The van der Waals surface area contributed by atoms with E-state index in [-0.39, 0.29) is 39.6 Å². The van der Waals surface area contributed by atoms with Crippen molar-refractivity contribution in [2.75, 3.05) is 25.5 Å². The number of benzene rings is 2. The van der Waals surface area contributed by atoms with Crippen molar-refractivity contribution < 1.29 is 18.7 Å². The average Bonchev–Trinajstić information content (AvgIpc) is 3.25. The van der Waals surface area contributed by atoms with Gasteiger partial charge >= 0.3 is 0 Å². The van der Waals surface area contributed by atoms with Gasteiger partial charge in [-0.05, 0) is 24.3 Å². The number of carbonyl (C=O) groups is 1. The number of fused-ring (bicyclic) bond motifs is 2. The Kier molecular flexibility index (Phi) is 5.50. The number of piperidine rings is 1. The lowest BCUT2D eigenvalue weighted by Crippen LogP contribution is -2.31. The molecule has 1 saturated heterocycles. The first kappa shape index (κ1) is 21.7. The van der Waals surface area contributed by atoms with Crippen molar-refractivity contribution in [2.45, 2.75) is 6.10 Å². The number of ether oxygens (including phenoxy) is 2. The van der Waals surface area contributed by atoms with Crippen molar-refractivity contribution in [1.29, 1.82) is 0 Å². The number of anilines is 2. The summed E-state index contributed by atoms with van der Waals surface area (Å²) in [5.41, 5.74) is 0.724. The summed E-state index contributed by atoms with van der Waals surface area (Å²) >= 11 is 11.8. The lowest BCUT2D eigenvalue weighted by atomic mass is 10.2. The maximum atomic E-state index is 14.6. The van der Waals surface area contributed by atoms with Crippen LogP contribution < -0.4 is 14.8 Å². The molecule has 1 aliphatic carbocycles. The van der Waals surface area contributed by atoms with E-state index in [1.807, 2.05) is 0 Å². The van der Waals surface area contributed by atoms with Gasteiger partial charge in [-0.3, -0.25) is 4.79 Å². The minimum absolute atomic E-state index is 0.0150. The molecular formula is C23H19Cl2FN4O3. The van der Waals surface area contributed by atoms with Crippen LogP contribution in [0.3, 0.4) is 0 Å². The van der Waals surface area contributed by atoms with Crippen LogP contribution in [0.25, 0.3) is 10.9 Å². The van der Waals surface area contributed by atoms with Crippen LogP contribution in [0, 0.1) is 17.7 Å². The molecule has 0 radical (unpaired) electrons. The minimum Gasteiger partial charge on any atom is -0.493 e. The molecule has 10 heteroatoms. The summed E-state index contributed by atoms with van der Waals surface area (Å²) in [6.45, 7) is 4.82. The van der Waals surface area contributed by atoms with Gasteiger partial charge in [-0.25, -0.2) is 14.4 Å². The summed E-state index contributed by atoms with van der Waals surface area (Å²) in [7, 11) is 1.55. The lowest BCUT2D eigenvalue weighted by molar-refractivity contribution is -0.125. The highest BCUT2D eigenvalue weighted by Crippen LogP contribution is 2.49. The highest BCUT2D eigenvalue weighted by molar-refractivity contribution is 6.42. The Morgan fingerprint density at radius 1 is 1.24 bits per heavy atom. The van der Waals surface area contributed by atoms with E-state index in [4.69, 9.17) is 32.7 Å². The largest absolute Gasteiger partial charge is 0.493 e. The fourth-order valence-electron chi connectivity index (χ4n) is 4.27. The second-order valence-corrected chi connectivity index (χ2v) is 8.73. The zero-order chi connectivity index (χ0) is 23.3. The van der Waals surface area contributed by atoms with Crippen LogP contribution in [-0.4, -0.2) is 47.1 Å². The first-order valence-corrected chi connectivity index (χ1v) is 11.0. The molecule has 3 aromatic rings. The fourth-order valence-corrected chi connectivity index (χ4v) is 4.58. The fraction of sp³-hybridized carbons (Fsp3) is 0.261. The number of nitrogens with zero attached hydrogens (tertiary/aromatic N) is 3. The molecule has 1 aromatic heterocycles. The Morgan fingerprint density at radius 2 is 2.00 bits per heavy atom. The number of amides is 1. The number of hydrogen-bond acceptors (Lipinski definition) is 6. The van der Waals surface area contributed by atoms with Crippen LogP contribution in [0.2, 0.25) is 10.0 Å². The van der Waals surface area contributed by atoms with Crippen LogP contribution in [0.15, 0.2) is 43.2 Å². The first-order chi connectivity index (χ1) is 15.9. The number of nitrogens with one attached hydrogen (secondary N) is 1. The van der Waals surface area contributed by atoms with Gasteiger partial charge in [0.1, 0.15) is 18.2 Å². The summed E-state index contributed by atoms with van der Waals surface area (Å²) in [4.78, 5) is 22.2. The molecule has 7 nitrogen and oxygen atoms in total. The lowest BCUT2D eigenvalue weighted by Gasteiger charge is -2.19. The van der Waals surface area contributed by atoms with Gasteiger partial charge in [0.15, 0.2) is 17.3 Å². The maximum absolute atomic E-state index is 14.6. The molecule has 0 bridgehead atoms. The van der Waals surface area contributed by atoms with E-state index in [0.29, 0.717) is 41.3 Å². The van der Waals surface area contributed by atoms with E-state index in [0.717, 1.165) is 0 Å². The molecule has 1 N–H and O–H groups in total. The Balaban J connectivity index is 1.43. The molecule has 1 amide bonds. The second kappa shape index (κ2) is 8.35. The molecule has 33 heavy (non-hydrogen) atoms. The number of hydrogen-bond donors (Lipinski definition) is 1. The van der Waals surface area contributed by atoms with Gasteiger partial charge in [-0.1, -0.05) is 29.8 Å². The van der Waals surface area contributed by atoms with Gasteiger partial charge in [0, 0.05) is 36.4 Å². The van der Waals surface area contributed by atoms with Gasteiger partial charge in [0.2, 0.25) is 5.91 Å². The highest BCUT2D eigenvalue weighted by atomic mass is 35.5. The zero-order valence-electron chi connectivity index (χ0n) is 17.5. The van der Waals surface area contributed by atoms with E-state index in [9.17, 15) is 9.18 Å². The van der Waals surface area contributed by atoms with Gasteiger partial charge in [0.05, 0.1) is 28.4 Å². The van der Waals surface area contributed by atoms with Crippen molar-refractivity contribution in [1.82, 2.24) is 14.9 Å². The van der Waals surface area contributed by atoms with E-state index in [1.54, 1.807) is 24.1 Å². The molecule has 2 heterocycles. The van der Waals surface area contributed by atoms with Crippen LogP contribution >= 0.6 is 23.2 Å². The molecule has 1 aliphatic heterocycles. The van der Waals surface area contributed by atoms with Crippen LogP contribution in [0.1, 0.15) is 0 Å². The van der Waals surface area contributed by atoms with Crippen LogP contribution in [0.4, 0.5) is 15.9 Å². The summed E-state index contributed by atoms with van der Waals surface area (Å²) in [6.07, 6.45) is 2.69. The van der Waals surface area contributed by atoms with E-state index in [1.165, 1.54) is 24.5 Å². The molecule has 2 aromatic carbocycles. The third-order valence-electron chi connectivity index (χ3n) is 6.07. The van der Waals surface area contributed by atoms with E-state index < -0.39 is 5.82 Å². The molecule has 2 unspecified atom stereocenters. The number of halogens is 3. The molecule has 0 spiro atoms. The topological polar surface area (TPSA) is 76.6 Å². The first-order valence-electron chi connectivity index (χ1n) is 10.2.